The Kier molecular flexibility index (Phi) is 11.1. The van der Waals surface area contributed by atoms with Crippen LogP contribution in [0.3, 0.4) is 0 Å². The Morgan fingerprint density at radius 2 is 1.06 bits per heavy atom. The minimum absolute atomic E-state index is 0.105. The van der Waals surface area contributed by atoms with Gasteiger partial charge in [0.2, 0.25) is 0 Å². The van der Waals surface area contributed by atoms with Crippen LogP contribution in [0.2, 0.25) is 0 Å². The van der Waals surface area contributed by atoms with Crippen molar-refractivity contribution in [1.82, 2.24) is 0 Å². The molecule has 0 bridgehead atoms. The van der Waals surface area contributed by atoms with Crippen molar-refractivity contribution < 1.29 is 14.3 Å². The van der Waals surface area contributed by atoms with Crippen LogP contribution in [-0.4, -0.2) is 17.2 Å². The van der Waals surface area contributed by atoms with Gasteiger partial charge in [-0.2, -0.15) is 0 Å². The lowest BCUT2D eigenvalue weighted by Crippen LogP contribution is -2.22. The van der Waals surface area contributed by atoms with Crippen LogP contribution in [0.25, 0.3) is 11.1 Å². The van der Waals surface area contributed by atoms with Gasteiger partial charge in [0, 0.05) is 41.8 Å². The smallest absolute Gasteiger partial charge is 0.194 e. The molecular formula is C47H48O3S2. The van der Waals surface area contributed by atoms with Gasteiger partial charge in [0.25, 0.3) is 0 Å². The lowest BCUT2D eigenvalue weighted by molar-refractivity contribution is 0.0978. The first-order valence-corrected chi connectivity index (χ1v) is 20.5. The maximum atomic E-state index is 13.7. The van der Waals surface area contributed by atoms with Gasteiger partial charge >= 0.3 is 0 Å². The Labute approximate surface area is 318 Å². The molecule has 0 saturated heterocycles. The molecule has 1 fully saturated rings. The minimum atomic E-state index is -0.263. The summed E-state index contributed by atoms with van der Waals surface area (Å²) >= 11 is 3.17. The minimum Gasteiger partial charge on any atom is -0.488 e. The average molecular weight is 725 g/mol. The molecule has 0 aromatic heterocycles. The van der Waals surface area contributed by atoms with Gasteiger partial charge in [-0.05, 0) is 148 Å². The van der Waals surface area contributed by atoms with Crippen LogP contribution < -0.4 is 4.74 Å². The number of ketones is 2. The van der Waals surface area contributed by atoms with Crippen molar-refractivity contribution in [3.05, 3.63) is 137 Å². The Morgan fingerprint density at radius 1 is 0.577 bits per heavy atom. The second kappa shape index (κ2) is 15.9. The number of hydrogen-bond acceptors (Lipinski definition) is 5. The van der Waals surface area contributed by atoms with Gasteiger partial charge < -0.3 is 4.74 Å². The molecule has 7 rings (SSSR count). The number of unbranched alkanes of at least 4 members (excludes halogenated alkanes) is 2. The third kappa shape index (κ3) is 8.59. The zero-order chi connectivity index (χ0) is 36.2. The summed E-state index contributed by atoms with van der Waals surface area (Å²) in [5.41, 5.74) is 5.51. The topological polar surface area (TPSA) is 43.4 Å². The SMILES string of the molecule is CCCCCC1CCC(c2ccc(-c3ccc(Sc4ccc5c(c4)C(=O)c4ccc(Sc6ccc(OC(C)(C)C)cc6)cc4C5=O)cc3)cc2)CC1. The van der Waals surface area contributed by atoms with E-state index in [1.165, 1.54) is 68.1 Å². The predicted molar refractivity (Wildman–Crippen MR) is 216 cm³/mol. The summed E-state index contributed by atoms with van der Waals surface area (Å²) < 4.78 is 5.94. The average Bonchev–Trinajstić information content (AvgIpc) is 3.15. The molecule has 2 aliphatic carbocycles. The highest BCUT2D eigenvalue weighted by atomic mass is 32.2. The summed E-state index contributed by atoms with van der Waals surface area (Å²) in [5, 5.41) is 0. The molecule has 0 unspecified atom stereocenters. The first kappa shape index (κ1) is 36.3. The highest BCUT2D eigenvalue weighted by Crippen LogP contribution is 2.40. The second-order valence-electron chi connectivity index (χ2n) is 15.3. The molecule has 52 heavy (non-hydrogen) atoms. The number of rotatable bonds is 11. The Balaban J connectivity index is 0.976. The molecule has 5 aromatic carbocycles. The largest absolute Gasteiger partial charge is 0.488 e. The van der Waals surface area contributed by atoms with Crippen LogP contribution in [-0.2, 0) is 0 Å². The fraction of sp³-hybridized carbons (Fsp3) is 0.319. The van der Waals surface area contributed by atoms with Crippen molar-refractivity contribution in [3.8, 4) is 16.9 Å². The fourth-order valence-corrected chi connectivity index (χ4v) is 9.28. The van der Waals surface area contributed by atoms with E-state index in [4.69, 9.17) is 4.74 Å². The van der Waals surface area contributed by atoms with E-state index in [-0.39, 0.29) is 17.2 Å². The van der Waals surface area contributed by atoms with Crippen molar-refractivity contribution in [2.45, 2.75) is 110 Å². The van der Waals surface area contributed by atoms with Gasteiger partial charge in [-0.15, -0.1) is 0 Å². The second-order valence-corrected chi connectivity index (χ2v) is 17.6. The first-order valence-electron chi connectivity index (χ1n) is 18.9. The van der Waals surface area contributed by atoms with E-state index in [0.29, 0.717) is 28.2 Å². The third-order valence-corrected chi connectivity index (χ3v) is 12.3. The van der Waals surface area contributed by atoms with E-state index in [2.05, 4.69) is 55.5 Å². The molecule has 0 heterocycles. The molecule has 2 aliphatic rings. The summed E-state index contributed by atoms with van der Waals surface area (Å²) in [4.78, 5) is 31.3. The standard InChI is InChI=1S/C47H48O3S2/c1-5-6-7-8-31-9-11-32(12-10-31)33-13-15-34(16-14-33)35-17-21-37(22-18-35)51-39-25-27-41-43(29-39)45(48)42-28-26-40(30-44(42)46(41)49)52-38-23-19-36(20-24-38)50-47(2,3)4/h13-32H,5-12H2,1-4H3. The third-order valence-electron chi connectivity index (χ3n) is 10.3. The number of ether oxygens (including phenoxy) is 1. The van der Waals surface area contributed by atoms with Gasteiger partial charge in [-0.3, -0.25) is 9.59 Å². The van der Waals surface area contributed by atoms with Crippen LogP contribution in [0.1, 0.15) is 122 Å². The van der Waals surface area contributed by atoms with Crippen molar-refractivity contribution in [3.63, 3.8) is 0 Å². The van der Waals surface area contributed by atoms with Crippen molar-refractivity contribution >= 4 is 35.1 Å². The number of carbonyl (C=O) groups excluding carboxylic acids is 2. The number of hydrogen-bond donors (Lipinski definition) is 0. The van der Waals surface area contributed by atoms with Gasteiger partial charge in [0.05, 0.1) is 0 Å². The molecule has 0 N–H and O–H groups in total. The summed E-state index contributed by atoms with van der Waals surface area (Å²) in [6.07, 6.45) is 10.9. The quantitative estimate of drug-likeness (QED) is 0.124. The van der Waals surface area contributed by atoms with E-state index in [1.807, 2.05) is 75.4 Å². The molecule has 5 aromatic rings. The van der Waals surface area contributed by atoms with E-state index in [0.717, 1.165) is 31.2 Å². The zero-order valence-electron chi connectivity index (χ0n) is 30.7. The van der Waals surface area contributed by atoms with E-state index >= 15 is 0 Å². The van der Waals surface area contributed by atoms with Crippen LogP contribution in [0.5, 0.6) is 5.75 Å². The van der Waals surface area contributed by atoms with Crippen molar-refractivity contribution in [2.75, 3.05) is 0 Å². The highest BCUT2D eigenvalue weighted by molar-refractivity contribution is 7.99. The molecule has 0 atom stereocenters. The van der Waals surface area contributed by atoms with Crippen LogP contribution in [0.15, 0.2) is 129 Å². The maximum Gasteiger partial charge on any atom is 0.194 e. The normalized spacial score (nSPS) is 17.1. The molecule has 0 spiro atoms. The molecule has 0 amide bonds. The summed E-state index contributed by atoms with van der Waals surface area (Å²) in [7, 11) is 0. The van der Waals surface area contributed by atoms with Gasteiger partial charge in [0.1, 0.15) is 11.4 Å². The Hall–Kier alpha value is -4.06. The van der Waals surface area contributed by atoms with Gasteiger partial charge in [-0.25, -0.2) is 0 Å². The summed E-state index contributed by atoms with van der Waals surface area (Å²) in [6.45, 7) is 8.36. The summed E-state index contributed by atoms with van der Waals surface area (Å²) in [6, 6.07) is 37.0. The van der Waals surface area contributed by atoms with Crippen LogP contribution >= 0.6 is 23.5 Å². The van der Waals surface area contributed by atoms with E-state index in [9.17, 15) is 9.59 Å². The van der Waals surface area contributed by atoms with Gasteiger partial charge in [0.15, 0.2) is 11.6 Å². The van der Waals surface area contributed by atoms with Gasteiger partial charge in [-0.1, -0.05) is 92.5 Å². The lowest BCUT2D eigenvalue weighted by Gasteiger charge is -2.29. The Morgan fingerprint density at radius 3 is 1.56 bits per heavy atom. The molecule has 0 radical (unpaired) electrons. The molecule has 266 valence electrons. The van der Waals surface area contributed by atoms with Crippen LogP contribution in [0.4, 0.5) is 0 Å². The summed E-state index contributed by atoms with van der Waals surface area (Å²) in [5.74, 6) is 2.23. The van der Waals surface area contributed by atoms with E-state index in [1.54, 1.807) is 29.6 Å². The zero-order valence-corrected chi connectivity index (χ0v) is 32.4. The first-order chi connectivity index (χ1) is 25.1. The lowest BCUT2D eigenvalue weighted by atomic mass is 9.77. The molecular weight excluding hydrogens is 677 g/mol. The van der Waals surface area contributed by atoms with E-state index < -0.39 is 0 Å². The molecule has 3 nitrogen and oxygen atoms in total. The Bertz CT molecular complexity index is 2030. The van der Waals surface area contributed by atoms with Crippen LogP contribution in [0, 0.1) is 5.92 Å². The predicted octanol–water partition coefficient (Wildman–Crippen LogP) is 13.5. The molecule has 0 aliphatic heterocycles. The van der Waals surface area contributed by atoms with Crippen molar-refractivity contribution in [1.29, 1.82) is 0 Å². The number of carbonyl (C=O) groups is 2. The molecule has 5 heteroatoms. The van der Waals surface area contributed by atoms with Crippen molar-refractivity contribution in [2.24, 2.45) is 5.92 Å². The monoisotopic (exact) mass is 724 g/mol. The highest BCUT2D eigenvalue weighted by Gasteiger charge is 2.30. The maximum absolute atomic E-state index is 13.7. The molecule has 1 saturated carbocycles. The fourth-order valence-electron chi connectivity index (χ4n) is 7.57. The number of fused-ring (bicyclic) bond motifs is 2. The number of benzene rings is 5.